The van der Waals surface area contributed by atoms with Crippen molar-refractivity contribution in [3.05, 3.63) is 59.2 Å². The first-order valence-corrected chi connectivity index (χ1v) is 9.65. The van der Waals surface area contributed by atoms with Crippen LogP contribution in [0.25, 0.3) is 0 Å². The molecule has 1 saturated heterocycles. The van der Waals surface area contributed by atoms with E-state index in [9.17, 15) is 9.90 Å². The Bertz CT molecular complexity index is 957. The summed E-state index contributed by atoms with van der Waals surface area (Å²) >= 11 is 0. The van der Waals surface area contributed by atoms with Crippen LogP contribution in [0.3, 0.4) is 0 Å². The summed E-state index contributed by atoms with van der Waals surface area (Å²) < 4.78 is 11.0. The molecular weight excluding hydrogens is 342 g/mol. The molecular formula is C22H21NO4. The predicted octanol–water partition coefficient (Wildman–Crippen LogP) is 3.42. The molecule has 7 rings (SSSR count). The quantitative estimate of drug-likeness (QED) is 0.856. The summed E-state index contributed by atoms with van der Waals surface area (Å²) in [6, 6.07) is 14.5. The van der Waals surface area contributed by atoms with Crippen molar-refractivity contribution >= 4 is 5.97 Å². The Hall–Kier alpha value is -2.53. The highest BCUT2D eigenvalue weighted by molar-refractivity contribution is 5.80. The van der Waals surface area contributed by atoms with Crippen LogP contribution >= 0.6 is 0 Å². The van der Waals surface area contributed by atoms with E-state index in [2.05, 4.69) is 29.6 Å². The van der Waals surface area contributed by atoms with Crippen molar-refractivity contribution < 1.29 is 19.4 Å². The Kier molecular flexibility index (Phi) is 3.02. The summed E-state index contributed by atoms with van der Waals surface area (Å²) in [6.45, 7) is 0.763. The minimum absolute atomic E-state index is 0.0109. The number of carboxylic acids is 1. The zero-order chi connectivity index (χ0) is 18.2. The van der Waals surface area contributed by atoms with E-state index < -0.39 is 11.4 Å². The summed E-state index contributed by atoms with van der Waals surface area (Å²) in [4.78, 5) is 12.6. The lowest BCUT2D eigenvalue weighted by Crippen LogP contribution is -2.52. The Morgan fingerprint density at radius 1 is 1.07 bits per heavy atom. The number of hydrogen-bond donors (Lipinski definition) is 2. The van der Waals surface area contributed by atoms with Crippen molar-refractivity contribution in [3.63, 3.8) is 0 Å². The molecule has 0 aromatic heterocycles. The summed E-state index contributed by atoms with van der Waals surface area (Å²) in [7, 11) is 0. The van der Waals surface area contributed by atoms with E-state index in [0.717, 1.165) is 29.9 Å². The molecule has 2 fully saturated rings. The molecule has 2 bridgehead atoms. The van der Waals surface area contributed by atoms with E-state index >= 15 is 0 Å². The molecule has 2 aromatic rings. The molecule has 5 unspecified atom stereocenters. The molecule has 1 saturated carbocycles. The van der Waals surface area contributed by atoms with Crippen LogP contribution in [0.5, 0.6) is 11.5 Å². The van der Waals surface area contributed by atoms with Gasteiger partial charge in [-0.1, -0.05) is 30.3 Å². The first-order chi connectivity index (χ1) is 13.2. The van der Waals surface area contributed by atoms with Gasteiger partial charge in [0.15, 0.2) is 11.5 Å². The first-order valence-electron chi connectivity index (χ1n) is 9.65. The van der Waals surface area contributed by atoms with Gasteiger partial charge in [-0.3, -0.25) is 4.79 Å². The average molecular weight is 363 g/mol. The topological polar surface area (TPSA) is 67.8 Å². The highest BCUT2D eigenvalue weighted by Gasteiger charge is 2.66. The Balaban J connectivity index is 1.51. The van der Waals surface area contributed by atoms with Crippen LogP contribution in [0, 0.1) is 11.3 Å². The van der Waals surface area contributed by atoms with E-state index in [0.29, 0.717) is 6.54 Å². The molecule has 2 N–H and O–H groups in total. The van der Waals surface area contributed by atoms with E-state index in [1.807, 2.05) is 18.2 Å². The minimum atomic E-state index is -0.738. The molecule has 0 amide bonds. The first kappa shape index (κ1) is 15.5. The molecule has 2 aliphatic heterocycles. The fraction of sp³-hybridized carbons (Fsp3) is 0.409. The van der Waals surface area contributed by atoms with Gasteiger partial charge in [-0.05, 0) is 47.6 Å². The third kappa shape index (κ3) is 1.85. The average Bonchev–Trinajstić information content (AvgIpc) is 3.34. The lowest BCUT2D eigenvalue weighted by atomic mass is 9.48. The van der Waals surface area contributed by atoms with Crippen LogP contribution in [0.2, 0.25) is 0 Å². The highest BCUT2D eigenvalue weighted by atomic mass is 16.7. The number of nitrogens with one attached hydrogen (secondary N) is 1. The smallest absolute Gasteiger partial charge is 0.311 e. The van der Waals surface area contributed by atoms with Crippen LogP contribution in [-0.4, -0.2) is 24.4 Å². The van der Waals surface area contributed by atoms with Crippen molar-refractivity contribution in [1.29, 1.82) is 0 Å². The summed E-state index contributed by atoms with van der Waals surface area (Å²) in [5.74, 6) is 1.25. The summed E-state index contributed by atoms with van der Waals surface area (Å²) in [5.41, 5.74) is 2.96. The Labute approximate surface area is 157 Å². The molecule has 0 radical (unpaired) electrons. The molecule has 5 nitrogen and oxygen atoms in total. The predicted molar refractivity (Wildman–Crippen MR) is 98.0 cm³/mol. The van der Waals surface area contributed by atoms with Crippen molar-refractivity contribution in [2.75, 3.05) is 13.3 Å². The van der Waals surface area contributed by atoms with Crippen LogP contribution in [0.4, 0.5) is 0 Å². The molecule has 2 heterocycles. The molecule has 138 valence electrons. The molecule has 3 aliphatic carbocycles. The van der Waals surface area contributed by atoms with Crippen molar-refractivity contribution in [3.8, 4) is 11.5 Å². The lowest BCUT2D eigenvalue weighted by molar-refractivity contribution is -0.156. The Morgan fingerprint density at radius 3 is 2.74 bits per heavy atom. The SMILES string of the molecule is O=C(O)C12CNC(c3ccc4c(c3)OCO4)C1C1CCC2c2ccccc21. The standard InChI is InChI=1S/C22H21NO4/c24-21(25)22-10-23-20(12-5-8-17-18(9-12)27-11-26-17)19(22)15-6-7-16(22)14-4-2-1-3-13(14)15/h1-5,8-9,15-16,19-20,23H,6-7,10-11H2,(H,24,25). The molecule has 0 spiro atoms. The maximum atomic E-state index is 12.6. The van der Waals surface area contributed by atoms with Gasteiger partial charge in [0.25, 0.3) is 0 Å². The number of carboxylic acid groups (broad SMARTS) is 1. The van der Waals surface area contributed by atoms with E-state index in [1.54, 1.807) is 0 Å². The minimum Gasteiger partial charge on any atom is -0.481 e. The van der Waals surface area contributed by atoms with Gasteiger partial charge in [0, 0.05) is 24.4 Å². The maximum Gasteiger partial charge on any atom is 0.311 e. The van der Waals surface area contributed by atoms with Crippen LogP contribution in [0.15, 0.2) is 42.5 Å². The molecule has 5 heteroatoms. The van der Waals surface area contributed by atoms with Crippen molar-refractivity contribution in [1.82, 2.24) is 5.32 Å². The van der Waals surface area contributed by atoms with Gasteiger partial charge >= 0.3 is 5.97 Å². The molecule has 27 heavy (non-hydrogen) atoms. The number of aliphatic carboxylic acids is 1. The van der Waals surface area contributed by atoms with Crippen LogP contribution < -0.4 is 14.8 Å². The molecule has 2 aromatic carbocycles. The fourth-order valence-corrected chi connectivity index (χ4v) is 6.30. The summed E-state index contributed by atoms with van der Waals surface area (Å²) in [6.07, 6.45) is 2.02. The number of benzene rings is 2. The number of ether oxygens (including phenoxy) is 2. The van der Waals surface area contributed by atoms with Gasteiger partial charge in [-0.15, -0.1) is 0 Å². The van der Waals surface area contributed by atoms with Crippen molar-refractivity contribution in [2.45, 2.75) is 30.7 Å². The number of fused-ring (bicyclic) bond motifs is 2. The number of rotatable bonds is 2. The fourth-order valence-electron chi connectivity index (χ4n) is 6.30. The van der Waals surface area contributed by atoms with Crippen LogP contribution in [-0.2, 0) is 4.79 Å². The van der Waals surface area contributed by atoms with Gasteiger partial charge in [-0.25, -0.2) is 0 Å². The normalized spacial score (nSPS) is 35.0. The van der Waals surface area contributed by atoms with Gasteiger partial charge in [-0.2, -0.15) is 0 Å². The number of hydrogen-bond acceptors (Lipinski definition) is 4. The molecule has 5 aliphatic rings. The van der Waals surface area contributed by atoms with Gasteiger partial charge in [0.2, 0.25) is 6.79 Å². The van der Waals surface area contributed by atoms with E-state index in [1.165, 1.54) is 11.1 Å². The third-order valence-corrected chi connectivity index (χ3v) is 7.31. The van der Waals surface area contributed by atoms with Gasteiger partial charge < -0.3 is 19.9 Å². The summed E-state index contributed by atoms with van der Waals surface area (Å²) in [5, 5.41) is 14.0. The van der Waals surface area contributed by atoms with Crippen molar-refractivity contribution in [2.24, 2.45) is 11.3 Å². The second-order valence-corrected chi connectivity index (χ2v) is 8.21. The second kappa shape index (κ2) is 5.26. The van der Waals surface area contributed by atoms with E-state index in [4.69, 9.17) is 9.47 Å². The third-order valence-electron chi connectivity index (χ3n) is 7.31. The van der Waals surface area contributed by atoms with Crippen LogP contribution in [0.1, 0.15) is 47.4 Å². The zero-order valence-corrected chi connectivity index (χ0v) is 14.9. The lowest BCUT2D eigenvalue weighted by Gasteiger charge is -2.53. The Morgan fingerprint density at radius 2 is 1.89 bits per heavy atom. The van der Waals surface area contributed by atoms with E-state index in [-0.39, 0.29) is 30.6 Å². The maximum absolute atomic E-state index is 12.6. The zero-order valence-electron chi connectivity index (χ0n) is 14.9. The monoisotopic (exact) mass is 363 g/mol. The second-order valence-electron chi connectivity index (χ2n) is 8.21. The van der Waals surface area contributed by atoms with Gasteiger partial charge in [0.05, 0.1) is 5.41 Å². The highest BCUT2D eigenvalue weighted by Crippen LogP contribution is 2.67. The molecule has 5 atom stereocenters. The van der Waals surface area contributed by atoms with Gasteiger partial charge in [0.1, 0.15) is 0 Å². The number of carbonyl (C=O) groups is 1. The largest absolute Gasteiger partial charge is 0.481 e.